The van der Waals surface area contributed by atoms with E-state index in [-0.39, 0.29) is 17.5 Å². The maximum Gasteiger partial charge on any atom is 0.255 e. The first-order valence-electron chi connectivity index (χ1n) is 10.5. The molecular weight excluding hydrogens is 378 g/mol. The first kappa shape index (κ1) is 20.3. The van der Waals surface area contributed by atoms with Crippen LogP contribution in [0.5, 0.6) is 0 Å². The maximum absolute atomic E-state index is 13.2. The van der Waals surface area contributed by atoms with Gasteiger partial charge in [-0.15, -0.1) is 0 Å². The van der Waals surface area contributed by atoms with Crippen LogP contribution in [0.2, 0.25) is 0 Å². The maximum atomic E-state index is 13.2. The van der Waals surface area contributed by atoms with Gasteiger partial charge in [0.15, 0.2) is 0 Å². The summed E-state index contributed by atoms with van der Waals surface area (Å²) in [5, 5.41) is 6.30. The molecule has 0 bridgehead atoms. The summed E-state index contributed by atoms with van der Waals surface area (Å²) in [5.74, 6) is -0.000437. The number of amides is 2. The van der Waals surface area contributed by atoms with Gasteiger partial charge in [-0.2, -0.15) is 0 Å². The fourth-order valence-electron chi connectivity index (χ4n) is 4.56. The zero-order valence-corrected chi connectivity index (χ0v) is 17.2. The van der Waals surface area contributed by atoms with Crippen LogP contribution in [-0.2, 0) is 16.0 Å². The van der Waals surface area contributed by atoms with E-state index >= 15 is 0 Å². The van der Waals surface area contributed by atoms with Gasteiger partial charge in [0, 0.05) is 31.3 Å². The third-order valence-corrected chi connectivity index (χ3v) is 6.29. The molecular formula is C24H27N3O3. The van der Waals surface area contributed by atoms with Crippen LogP contribution in [0.25, 0.3) is 11.1 Å². The van der Waals surface area contributed by atoms with Crippen molar-refractivity contribution in [3.63, 3.8) is 0 Å². The third kappa shape index (κ3) is 3.87. The standard InChI is InChI=1S/C24H27N3O3/c1-27(24(11-2-3-12-24)25-13-4-14-28)23(30)18-7-5-17(6-8-18)19-9-10-21-20(15-19)16-22(29)26-21/h5-10,14-15,25H,2-4,11-13,16H2,1H3,(H,26,29). The topological polar surface area (TPSA) is 78.5 Å². The van der Waals surface area contributed by atoms with Crippen LogP contribution in [-0.4, -0.2) is 42.3 Å². The van der Waals surface area contributed by atoms with E-state index in [2.05, 4.69) is 10.6 Å². The van der Waals surface area contributed by atoms with E-state index in [4.69, 9.17) is 0 Å². The average molecular weight is 405 g/mol. The van der Waals surface area contributed by atoms with Crippen molar-refractivity contribution in [1.29, 1.82) is 0 Å². The van der Waals surface area contributed by atoms with Crippen LogP contribution in [0.15, 0.2) is 42.5 Å². The Bertz CT molecular complexity index is 962. The van der Waals surface area contributed by atoms with Crippen LogP contribution in [0.1, 0.15) is 48.0 Å². The molecule has 1 heterocycles. The molecule has 1 aliphatic heterocycles. The first-order chi connectivity index (χ1) is 14.5. The summed E-state index contributed by atoms with van der Waals surface area (Å²) in [5.41, 5.74) is 4.18. The molecule has 2 aromatic carbocycles. The molecule has 0 spiro atoms. The molecule has 1 fully saturated rings. The minimum atomic E-state index is -0.377. The molecule has 2 aliphatic rings. The van der Waals surface area contributed by atoms with Crippen LogP contribution in [0.3, 0.4) is 0 Å². The lowest BCUT2D eigenvalue weighted by Gasteiger charge is -2.40. The largest absolute Gasteiger partial charge is 0.326 e. The molecule has 4 rings (SSSR count). The van der Waals surface area contributed by atoms with Gasteiger partial charge in [0.2, 0.25) is 5.91 Å². The number of anilines is 1. The molecule has 2 N–H and O–H groups in total. The number of aldehydes is 1. The Morgan fingerprint density at radius 2 is 1.83 bits per heavy atom. The highest BCUT2D eigenvalue weighted by molar-refractivity contribution is 6.00. The number of nitrogens with zero attached hydrogens (tertiary/aromatic N) is 1. The lowest BCUT2D eigenvalue weighted by molar-refractivity contribution is -0.115. The van der Waals surface area contributed by atoms with Crippen molar-refractivity contribution in [1.82, 2.24) is 10.2 Å². The van der Waals surface area contributed by atoms with Gasteiger partial charge in [-0.1, -0.05) is 18.2 Å². The van der Waals surface area contributed by atoms with Gasteiger partial charge in [-0.3, -0.25) is 14.9 Å². The van der Waals surface area contributed by atoms with E-state index in [1.54, 1.807) is 0 Å². The number of fused-ring (bicyclic) bond motifs is 1. The molecule has 0 radical (unpaired) electrons. The van der Waals surface area contributed by atoms with E-state index in [0.29, 0.717) is 24.9 Å². The van der Waals surface area contributed by atoms with E-state index in [1.165, 1.54) is 0 Å². The molecule has 2 aromatic rings. The molecule has 156 valence electrons. The quantitative estimate of drug-likeness (QED) is 0.421. The number of benzene rings is 2. The van der Waals surface area contributed by atoms with Gasteiger partial charge >= 0.3 is 0 Å². The molecule has 0 saturated heterocycles. The van der Waals surface area contributed by atoms with Crippen LogP contribution in [0.4, 0.5) is 5.69 Å². The minimum Gasteiger partial charge on any atom is -0.326 e. The van der Waals surface area contributed by atoms with Crippen molar-refractivity contribution >= 4 is 23.8 Å². The van der Waals surface area contributed by atoms with Crippen molar-refractivity contribution in [2.45, 2.75) is 44.2 Å². The van der Waals surface area contributed by atoms with E-state index in [1.807, 2.05) is 54.4 Å². The normalized spacial score (nSPS) is 16.8. The second kappa shape index (κ2) is 8.40. The lowest BCUT2D eigenvalue weighted by atomic mass is 9.99. The fraction of sp³-hybridized carbons (Fsp3) is 0.375. The molecule has 0 atom stereocenters. The number of carbonyl (C=O) groups is 3. The average Bonchev–Trinajstić information content (AvgIpc) is 3.39. The molecule has 6 heteroatoms. The SMILES string of the molecule is CN(C(=O)c1ccc(-c2ccc3c(c2)CC(=O)N3)cc1)C1(NCCC=O)CCCC1. The number of rotatable bonds is 7. The number of hydrogen-bond acceptors (Lipinski definition) is 4. The van der Waals surface area contributed by atoms with Gasteiger partial charge in [-0.05, 0) is 66.6 Å². The number of nitrogens with one attached hydrogen (secondary N) is 2. The van der Waals surface area contributed by atoms with Crippen LogP contribution < -0.4 is 10.6 Å². The van der Waals surface area contributed by atoms with Gasteiger partial charge in [0.05, 0.1) is 12.1 Å². The summed E-state index contributed by atoms with van der Waals surface area (Å²) in [6.07, 6.45) is 5.69. The van der Waals surface area contributed by atoms with Gasteiger partial charge < -0.3 is 15.0 Å². The van der Waals surface area contributed by atoms with Gasteiger partial charge in [0.25, 0.3) is 5.91 Å². The Hall–Kier alpha value is -2.99. The summed E-state index contributed by atoms with van der Waals surface area (Å²) >= 11 is 0. The zero-order chi connectivity index (χ0) is 21.1. The molecule has 0 aromatic heterocycles. The number of hydrogen-bond donors (Lipinski definition) is 2. The second-order valence-electron chi connectivity index (χ2n) is 8.16. The lowest BCUT2D eigenvalue weighted by Crippen LogP contribution is -2.57. The Morgan fingerprint density at radius 1 is 1.13 bits per heavy atom. The highest BCUT2D eigenvalue weighted by atomic mass is 16.2. The summed E-state index contributed by atoms with van der Waals surface area (Å²) in [6.45, 7) is 0.579. The molecule has 0 unspecified atom stereocenters. The summed E-state index contributed by atoms with van der Waals surface area (Å²) in [7, 11) is 1.85. The highest BCUT2D eigenvalue weighted by Crippen LogP contribution is 2.34. The Labute approximate surface area is 176 Å². The van der Waals surface area contributed by atoms with Crippen molar-refractivity contribution in [3.05, 3.63) is 53.6 Å². The predicted octanol–water partition coefficient (Wildman–Crippen LogP) is 3.37. The van der Waals surface area contributed by atoms with E-state index in [9.17, 15) is 14.4 Å². The van der Waals surface area contributed by atoms with Crippen molar-refractivity contribution in [2.75, 3.05) is 18.9 Å². The molecule has 30 heavy (non-hydrogen) atoms. The smallest absolute Gasteiger partial charge is 0.255 e. The summed E-state index contributed by atoms with van der Waals surface area (Å²) in [4.78, 5) is 37.3. The summed E-state index contributed by atoms with van der Waals surface area (Å²) in [6, 6.07) is 13.6. The highest BCUT2D eigenvalue weighted by Gasteiger charge is 2.39. The molecule has 1 saturated carbocycles. The van der Waals surface area contributed by atoms with Crippen LogP contribution >= 0.6 is 0 Å². The van der Waals surface area contributed by atoms with Crippen molar-refractivity contribution in [3.8, 4) is 11.1 Å². The molecule has 2 amide bonds. The predicted molar refractivity (Wildman–Crippen MR) is 116 cm³/mol. The Morgan fingerprint density at radius 3 is 2.53 bits per heavy atom. The third-order valence-electron chi connectivity index (χ3n) is 6.29. The van der Waals surface area contributed by atoms with Crippen molar-refractivity contribution < 1.29 is 14.4 Å². The molecule has 6 nitrogen and oxygen atoms in total. The van der Waals surface area contributed by atoms with Crippen LogP contribution in [0, 0.1) is 0 Å². The first-order valence-corrected chi connectivity index (χ1v) is 10.5. The van der Waals surface area contributed by atoms with E-state index < -0.39 is 0 Å². The Balaban J connectivity index is 1.50. The fourth-order valence-corrected chi connectivity index (χ4v) is 4.56. The van der Waals surface area contributed by atoms with E-state index in [0.717, 1.165) is 54.3 Å². The Kier molecular flexibility index (Phi) is 5.68. The monoisotopic (exact) mass is 405 g/mol. The minimum absolute atomic E-state index is 0.0220. The summed E-state index contributed by atoms with van der Waals surface area (Å²) < 4.78 is 0. The van der Waals surface area contributed by atoms with Gasteiger partial charge in [-0.25, -0.2) is 0 Å². The zero-order valence-electron chi connectivity index (χ0n) is 17.2. The van der Waals surface area contributed by atoms with Crippen molar-refractivity contribution in [2.24, 2.45) is 0 Å². The van der Waals surface area contributed by atoms with Gasteiger partial charge in [0.1, 0.15) is 6.29 Å². The number of carbonyl (C=O) groups excluding carboxylic acids is 3. The second-order valence-corrected chi connectivity index (χ2v) is 8.16. The molecule has 1 aliphatic carbocycles.